The molecule has 1 aromatic carbocycles. The summed E-state index contributed by atoms with van der Waals surface area (Å²) in [7, 11) is -3.42. The number of carbonyl (C=O) groups excluding carboxylic acids is 1. The molecule has 0 saturated carbocycles. The van der Waals surface area contributed by atoms with Crippen LogP contribution in [0.2, 0.25) is 5.15 Å². The fourth-order valence-electron chi connectivity index (χ4n) is 3.20. The number of nitrogens with one attached hydrogen (secondary N) is 3. The molecule has 0 bridgehead atoms. The van der Waals surface area contributed by atoms with Crippen LogP contribution in [-0.4, -0.2) is 46.8 Å². The molecule has 0 unspecified atom stereocenters. The van der Waals surface area contributed by atoms with Crippen LogP contribution in [0.3, 0.4) is 0 Å². The number of aromatic nitrogens is 3. The normalized spacial score (nSPS) is 11.8. The van der Waals surface area contributed by atoms with Gasteiger partial charge in [-0.25, -0.2) is 18.1 Å². The van der Waals surface area contributed by atoms with E-state index in [1.54, 1.807) is 24.3 Å². The molecule has 4 N–H and O–H groups in total. The largest absolute Gasteiger partial charge is 0.506 e. The molecule has 2 heterocycles. The molecule has 0 aliphatic rings. The highest BCUT2D eigenvalue weighted by atomic mass is 35.5. The Labute approximate surface area is 215 Å². The van der Waals surface area contributed by atoms with Gasteiger partial charge in [-0.15, -0.1) is 0 Å². The quantitative estimate of drug-likeness (QED) is 0.277. The molecule has 3 aromatic rings. The number of hydrogen-bond acceptors (Lipinski definition) is 8. The van der Waals surface area contributed by atoms with E-state index in [1.807, 2.05) is 0 Å². The lowest BCUT2D eigenvalue weighted by molar-refractivity contribution is -0.121. The summed E-state index contributed by atoms with van der Waals surface area (Å²) >= 11 is 6.01. The number of halogens is 3. The summed E-state index contributed by atoms with van der Waals surface area (Å²) in [6.45, 7) is -1.58. The zero-order valence-electron chi connectivity index (χ0n) is 19.4. The number of anilines is 1. The summed E-state index contributed by atoms with van der Waals surface area (Å²) in [6.07, 6.45) is 3.15. The van der Waals surface area contributed by atoms with Gasteiger partial charge in [-0.2, -0.15) is 8.78 Å². The Morgan fingerprint density at radius 1 is 1.14 bits per heavy atom. The van der Waals surface area contributed by atoms with E-state index in [4.69, 9.17) is 11.6 Å². The van der Waals surface area contributed by atoms with Crippen LogP contribution in [0.15, 0.2) is 53.6 Å². The molecule has 15 heteroatoms. The smallest absolute Gasteiger partial charge is 0.310 e. The van der Waals surface area contributed by atoms with Gasteiger partial charge in [-0.3, -0.25) is 19.1 Å². The minimum absolute atomic E-state index is 0.0243. The molecule has 0 aliphatic carbocycles. The van der Waals surface area contributed by atoms with Gasteiger partial charge in [0.05, 0.1) is 19.0 Å². The number of sulfonamides is 1. The molecule has 3 rings (SSSR count). The SMILES string of the molecule is CS(=O)(=O)NCc1ccccc1CNC(=O)Cn1c(Cl)cnc(NCC(F)(F)c2ncccc2O)c1=O. The summed E-state index contributed by atoms with van der Waals surface area (Å²) in [5.41, 5.74) is -0.508. The Balaban J connectivity index is 1.68. The number of hydrogen-bond donors (Lipinski definition) is 4. The van der Waals surface area contributed by atoms with Crippen molar-refractivity contribution in [1.29, 1.82) is 0 Å². The molecule has 0 aliphatic heterocycles. The van der Waals surface area contributed by atoms with Gasteiger partial charge in [0.15, 0.2) is 11.5 Å². The lowest BCUT2D eigenvalue weighted by Crippen LogP contribution is -2.35. The molecular weight excluding hydrogens is 534 g/mol. The van der Waals surface area contributed by atoms with E-state index >= 15 is 0 Å². The molecule has 198 valence electrons. The van der Waals surface area contributed by atoms with Crippen LogP contribution in [0.5, 0.6) is 5.75 Å². The Bertz CT molecular complexity index is 1450. The summed E-state index contributed by atoms with van der Waals surface area (Å²) in [5.74, 6) is -5.44. The molecule has 0 radical (unpaired) electrons. The van der Waals surface area contributed by atoms with Crippen LogP contribution in [0.1, 0.15) is 16.8 Å². The first kappa shape index (κ1) is 28.0. The second kappa shape index (κ2) is 11.6. The lowest BCUT2D eigenvalue weighted by atomic mass is 10.1. The zero-order valence-corrected chi connectivity index (χ0v) is 21.0. The zero-order chi connectivity index (χ0) is 27.2. The Morgan fingerprint density at radius 2 is 1.81 bits per heavy atom. The fourth-order valence-corrected chi connectivity index (χ4v) is 3.80. The van der Waals surface area contributed by atoms with Crippen LogP contribution < -0.4 is 20.9 Å². The first-order valence-electron chi connectivity index (χ1n) is 10.7. The monoisotopic (exact) mass is 556 g/mol. The van der Waals surface area contributed by atoms with Gasteiger partial charge in [0.2, 0.25) is 15.9 Å². The average Bonchev–Trinajstić information content (AvgIpc) is 2.83. The lowest BCUT2D eigenvalue weighted by Gasteiger charge is -2.18. The maximum Gasteiger partial charge on any atom is 0.310 e. The number of alkyl halides is 2. The topological polar surface area (TPSA) is 155 Å². The number of aromatic hydroxyl groups is 1. The van der Waals surface area contributed by atoms with Crippen LogP contribution in [0.25, 0.3) is 0 Å². The van der Waals surface area contributed by atoms with Crippen molar-refractivity contribution in [1.82, 2.24) is 24.6 Å². The van der Waals surface area contributed by atoms with Crippen molar-refractivity contribution in [2.24, 2.45) is 0 Å². The first-order chi connectivity index (χ1) is 17.4. The van der Waals surface area contributed by atoms with Gasteiger partial charge in [0, 0.05) is 19.3 Å². The molecule has 0 spiro atoms. The van der Waals surface area contributed by atoms with Crippen LogP contribution in [0.4, 0.5) is 14.6 Å². The standard InChI is InChI=1S/C22H23ClF2N6O5S/c1-37(35,36)30-10-15-6-3-2-5-14(15)9-27-18(33)12-31-17(23)11-28-20(21(31)34)29-13-22(24,25)19-16(32)7-4-8-26-19/h2-8,11,30,32H,9-10,12-13H2,1H3,(H,27,33)(H,28,29). The highest BCUT2D eigenvalue weighted by Crippen LogP contribution is 2.32. The third-order valence-electron chi connectivity index (χ3n) is 5.04. The maximum atomic E-state index is 14.5. The third kappa shape index (κ3) is 7.68. The van der Waals surface area contributed by atoms with Crippen molar-refractivity contribution in [2.45, 2.75) is 25.6 Å². The molecule has 0 atom stereocenters. The number of benzene rings is 1. The number of carbonyl (C=O) groups is 1. The highest BCUT2D eigenvalue weighted by Gasteiger charge is 2.36. The van der Waals surface area contributed by atoms with Crippen molar-refractivity contribution in [2.75, 3.05) is 18.1 Å². The molecule has 0 saturated heterocycles. The number of pyridine rings is 1. The minimum atomic E-state index is -3.64. The van der Waals surface area contributed by atoms with Gasteiger partial charge in [0.25, 0.3) is 5.56 Å². The fraction of sp³-hybridized carbons (Fsp3) is 0.273. The average molecular weight is 557 g/mol. The number of nitrogens with zero attached hydrogens (tertiary/aromatic N) is 3. The minimum Gasteiger partial charge on any atom is -0.506 e. The van der Waals surface area contributed by atoms with Crippen LogP contribution in [-0.2, 0) is 40.4 Å². The van der Waals surface area contributed by atoms with Crippen LogP contribution in [0, 0.1) is 0 Å². The van der Waals surface area contributed by atoms with Gasteiger partial charge in [-0.1, -0.05) is 35.9 Å². The number of amides is 1. The molecular formula is C22H23ClF2N6O5S. The van der Waals surface area contributed by atoms with Crippen molar-refractivity contribution >= 4 is 33.3 Å². The molecule has 1 amide bonds. The van der Waals surface area contributed by atoms with E-state index in [-0.39, 0.29) is 18.2 Å². The van der Waals surface area contributed by atoms with E-state index < -0.39 is 57.8 Å². The van der Waals surface area contributed by atoms with E-state index in [1.165, 1.54) is 6.07 Å². The van der Waals surface area contributed by atoms with Crippen molar-refractivity contribution < 1.29 is 27.1 Å². The second-order valence-corrected chi connectivity index (χ2v) is 10.1. The summed E-state index contributed by atoms with van der Waals surface area (Å²) in [4.78, 5) is 32.5. The summed E-state index contributed by atoms with van der Waals surface area (Å²) in [5, 5.41) is 14.3. The Morgan fingerprint density at radius 3 is 2.46 bits per heavy atom. The predicted molar refractivity (Wildman–Crippen MR) is 132 cm³/mol. The molecule has 37 heavy (non-hydrogen) atoms. The summed E-state index contributed by atoms with van der Waals surface area (Å²) in [6, 6.07) is 9.18. The van der Waals surface area contributed by atoms with Gasteiger partial charge in [-0.05, 0) is 23.3 Å². The molecule has 11 nitrogen and oxygen atoms in total. The van der Waals surface area contributed by atoms with E-state index in [0.717, 1.165) is 29.3 Å². The van der Waals surface area contributed by atoms with Gasteiger partial charge in [0.1, 0.15) is 17.4 Å². The van der Waals surface area contributed by atoms with Crippen LogP contribution >= 0.6 is 11.6 Å². The van der Waals surface area contributed by atoms with Crippen molar-refractivity contribution in [3.63, 3.8) is 0 Å². The Hall–Kier alpha value is -3.62. The van der Waals surface area contributed by atoms with E-state index in [2.05, 4.69) is 25.3 Å². The van der Waals surface area contributed by atoms with Gasteiger partial charge < -0.3 is 15.7 Å². The first-order valence-corrected chi connectivity index (χ1v) is 12.9. The second-order valence-electron chi connectivity index (χ2n) is 7.89. The van der Waals surface area contributed by atoms with Gasteiger partial charge >= 0.3 is 5.92 Å². The molecule has 2 aromatic heterocycles. The van der Waals surface area contributed by atoms with Crippen molar-refractivity contribution in [3.8, 4) is 5.75 Å². The van der Waals surface area contributed by atoms with E-state index in [0.29, 0.717) is 11.1 Å². The molecule has 0 fully saturated rings. The summed E-state index contributed by atoms with van der Waals surface area (Å²) < 4.78 is 54.9. The highest BCUT2D eigenvalue weighted by molar-refractivity contribution is 7.88. The third-order valence-corrected chi connectivity index (χ3v) is 6.01. The maximum absolute atomic E-state index is 14.5. The Kier molecular flexibility index (Phi) is 8.78. The predicted octanol–water partition coefficient (Wildman–Crippen LogP) is 1.57. The van der Waals surface area contributed by atoms with Crippen molar-refractivity contribution in [3.05, 3.63) is 81.1 Å². The van der Waals surface area contributed by atoms with E-state index in [9.17, 15) is 31.9 Å². The number of rotatable bonds is 11.